The second kappa shape index (κ2) is 8.37. The molecule has 0 saturated heterocycles. The fourth-order valence-electron chi connectivity index (χ4n) is 3.06. The van der Waals surface area contributed by atoms with Gasteiger partial charge in [0.05, 0.1) is 0 Å². The first kappa shape index (κ1) is 18.0. The molecule has 2 unspecified atom stereocenters. The molecule has 21 heavy (non-hydrogen) atoms. The molecule has 0 aliphatic heterocycles. The van der Waals surface area contributed by atoms with Crippen LogP contribution in [0.15, 0.2) is 0 Å². The highest BCUT2D eigenvalue weighted by molar-refractivity contribution is 5.79. The first-order valence-corrected chi connectivity index (χ1v) is 8.05. The maximum absolute atomic E-state index is 12.3. The minimum absolute atomic E-state index is 0.0610. The minimum atomic E-state index is -0.764. The molecule has 0 bridgehead atoms. The van der Waals surface area contributed by atoms with Gasteiger partial charge in [-0.2, -0.15) is 0 Å². The van der Waals surface area contributed by atoms with E-state index in [1.807, 2.05) is 13.8 Å². The number of nitrogens with two attached hydrogens (primary N) is 1. The van der Waals surface area contributed by atoms with E-state index in [-0.39, 0.29) is 23.7 Å². The number of carboxylic acids is 1. The molecule has 0 heterocycles. The predicted octanol–water partition coefficient (Wildman–Crippen LogP) is 2.15. The number of amides is 1. The van der Waals surface area contributed by atoms with Crippen LogP contribution in [-0.2, 0) is 9.59 Å². The van der Waals surface area contributed by atoms with Gasteiger partial charge in [-0.3, -0.25) is 9.59 Å². The Bertz CT molecular complexity index is 355. The molecule has 0 aromatic rings. The van der Waals surface area contributed by atoms with Gasteiger partial charge in [0.2, 0.25) is 5.91 Å². The summed E-state index contributed by atoms with van der Waals surface area (Å²) in [4.78, 5) is 22.9. The first-order chi connectivity index (χ1) is 9.85. The maximum atomic E-state index is 12.3. The van der Waals surface area contributed by atoms with Crippen LogP contribution in [0.25, 0.3) is 0 Å². The van der Waals surface area contributed by atoms with Crippen LogP contribution in [0.2, 0.25) is 0 Å². The lowest BCUT2D eigenvalue weighted by atomic mass is 9.78. The third-order valence-corrected chi connectivity index (χ3v) is 4.67. The lowest BCUT2D eigenvalue weighted by Crippen LogP contribution is -2.40. The summed E-state index contributed by atoms with van der Waals surface area (Å²) in [6.45, 7) is 5.29. The smallest absolute Gasteiger partial charge is 0.303 e. The molecular formula is C16H30N2O3. The quantitative estimate of drug-likeness (QED) is 0.640. The Morgan fingerprint density at radius 1 is 1.24 bits per heavy atom. The molecule has 0 radical (unpaired) electrons. The second-order valence-electron chi connectivity index (χ2n) is 6.99. The molecule has 5 heteroatoms. The van der Waals surface area contributed by atoms with E-state index in [4.69, 9.17) is 10.8 Å². The maximum Gasteiger partial charge on any atom is 0.303 e. The van der Waals surface area contributed by atoms with E-state index in [0.717, 1.165) is 25.7 Å². The van der Waals surface area contributed by atoms with Crippen LogP contribution in [0.3, 0.4) is 0 Å². The highest BCUT2D eigenvalue weighted by Crippen LogP contribution is 2.30. The Labute approximate surface area is 127 Å². The highest BCUT2D eigenvalue weighted by atomic mass is 16.4. The van der Waals surface area contributed by atoms with Crippen LogP contribution in [0.1, 0.15) is 58.8 Å². The van der Waals surface area contributed by atoms with E-state index in [1.165, 1.54) is 6.42 Å². The summed E-state index contributed by atoms with van der Waals surface area (Å²) in [5.41, 5.74) is 5.70. The summed E-state index contributed by atoms with van der Waals surface area (Å²) in [6, 6.07) is 0. The number of carbonyl (C=O) groups is 2. The summed E-state index contributed by atoms with van der Waals surface area (Å²) < 4.78 is 0. The average molecular weight is 298 g/mol. The van der Waals surface area contributed by atoms with Crippen LogP contribution < -0.4 is 11.1 Å². The monoisotopic (exact) mass is 298 g/mol. The Balaban J connectivity index is 2.33. The topological polar surface area (TPSA) is 92.4 Å². The van der Waals surface area contributed by atoms with Crippen LogP contribution in [0, 0.1) is 17.3 Å². The van der Waals surface area contributed by atoms with E-state index < -0.39 is 5.97 Å². The van der Waals surface area contributed by atoms with Crippen molar-refractivity contribution in [2.45, 2.75) is 58.8 Å². The van der Waals surface area contributed by atoms with E-state index in [0.29, 0.717) is 25.4 Å². The fraction of sp³-hybridized carbons (Fsp3) is 0.875. The predicted molar refractivity (Wildman–Crippen MR) is 82.8 cm³/mol. The Kier molecular flexibility index (Phi) is 7.15. The molecule has 1 aliphatic carbocycles. The Morgan fingerprint density at radius 2 is 1.90 bits per heavy atom. The summed E-state index contributed by atoms with van der Waals surface area (Å²) >= 11 is 0. The van der Waals surface area contributed by atoms with Crippen molar-refractivity contribution in [2.75, 3.05) is 13.1 Å². The number of hydrogen-bond donors (Lipinski definition) is 3. The van der Waals surface area contributed by atoms with E-state index in [2.05, 4.69) is 5.32 Å². The SMILES string of the molecule is CC(C)(CCNC(=O)C1CCCCC1CN)CCC(=O)O. The van der Waals surface area contributed by atoms with E-state index in [1.54, 1.807) is 0 Å². The number of rotatable bonds is 8. The molecule has 0 spiro atoms. The molecule has 1 saturated carbocycles. The summed E-state index contributed by atoms with van der Waals surface area (Å²) in [6.07, 6.45) is 5.89. The summed E-state index contributed by atoms with van der Waals surface area (Å²) in [7, 11) is 0. The van der Waals surface area contributed by atoms with Crippen molar-refractivity contribution < 1.29 is 14.7 Å². The molecule has 1 amide bonds. The van der Waals surface area contributed by atoms with E-state index in [9.17, 15) is 9.59 Å². The summed E-state index contributed by atoms with van der Waals surface area (Å²) in [5.74, 6) is -0.260. The highest BCUT2D eigenvalue weighted by Gasteiger charge is 2.30. The first-order valence-electron chi connectivity index (χ1n) is 8.05. The molecule has 5 nitrogen and oxygen atoms in total. The Morgan fingerprint density at radius 3 is 2.52 bits per heavy atom. The van der Waals surface area contributed by atoms with Crippen LogP contribution in [0.5, 0.6) is 0 Å². The minimum Gasteiger partial charge on any atom is -0.481 e. The van der Waals surface area contributed by atoms with Crippen molar-refractivity contribution in [3.05, 3.63) is 0 Å². The zero-order valence-electron chi connectivity index (χ0n) is 13.4. The molecule has 1 aliphatic rings. The van der Waals surface area contributed by atoms with Gasteiger partial charge in [0.15, 0.2) is 0 Å². The molecule has 4 N–H and O–H groups in total. The van der Waals surface area contributed by atoms with Gasteiger partial charge in [0.25, 0.3) is 0 Å². The molecule has 122 valence electrons. The van der Waals surface area contributed by atoms with Gasteiger partial charge >= 0.3 is 5.97 Å². The van der Waals surface area contributed by atoms with Crippen molar-refractivity contribution in [1.82, 2.24) is 5.32 Å². The third-order valence-electron chi connectivity index (χ3n) is 4.67. The standard InChI is InChI=1S/C16H30N2O3/c1-16(2,8-7-14(19)20)9-10-18-15(21)13-6-4-3-5-12(13)11-17/h12-13H,3-11,17H2,1-2H3,(H,18,21)(H,19,20). The molecule has 1 rings (SSSR count). The van der Waals surface area contributed by atoms with Crippen molar-refractivity contribution in [3.8, 4) is 0 Å². The molecule has 0 aromatic heterocycles. The molecule has 2 atom stereocenters. The van der Waals surface area contributed by atoms with Gasteiger partial charge < -0.3 is 16.2 Å². The lowest BCUT2D eigenvalue weighted by molar-refractivity contribution is -0.137. The number of hydrogen-bond acceptors (Lipinski definition) is 3. The van der Waals surface area contributed by atoms with Gasteiger partial charge in [0, 0.05) is 18.9 Å². The van der Waals surface area contributed by atoms with Crippen LogP contribution >= 0.6 is 0 Å². The lowest BCUT2D eigenvalue weighted by Gasteiger charge is -2.30. The fourth-order valence-corrected chi connectivity index (χ4v) is 3.06. The molecule has 0 aromatic carbocycles. The zero-order chi connectivity index (χ0) is 15.9. The average Bonchev–Trinajstić information content (AvgIpc) is 2.45. The number of carboxylic acid groups (broad SMARTS) is 1. The van der Waals surface area contributed by atoms with Gasteiger partial charge in [-0.15, -0.1) is 0 Å². The molecule has 1 fully saturated rings. The third kappa shape index (κ3) is 6.46. The Hall–Kier alpha value is -1.10. The zero-order valence-corrected chi connectivity index (χ0v) is 13.4. The van der Waals surface area contributed by atoms with Gasteiger partial charge in [-0.25, -0.2) is 0 Å². The largest absolute Gasteiger partial charge is 0.481 e. The van der Waals surface area contributed by atoms with Crippen molar-refractivity contribution in [2.24, 2.45) is 23.0 Å². The summed E-state index contributed by atoms with van der Waals surface area (Å²) in [5, 5.41) is 11.8. The number of aliphatic carboxylic acids is 1. The van der Waals surface area contributed by atoms with Crippen LogP contribution in [0.4, 0.5) is 0 Å². The number of carbonyl (C=O) groups excluding carboxylic acids is 1. The number of nitrogens with one attached hydrogen (secondary N) is 1. The van der Waals surface area contributed by atoms with Gasteiger partial charge in [0.1, 0.15) is 0 Å². The van der Waals surface area contributed by atoms with Gasteiger partial charge in [-0.05, 0) is 43.6 Å². The van der Waals surface area contributed by atoms with Crippen molar-refractivity contribution >= 4 is 11.9 Å². The van der Waals surface area contributed by atoms with E-state index >= 15 is 0 Å². The van der Waals surface area contributed by atoms with Crippen LogP contribution in [-0.4, -0.2) is 30.1 Å². The van der Waals surface area contributed by atoms with Crippen molar-refractivity contribution in [1.29, 1.82) is 0 Å². The normalized spacial score (nSPS) is 22.8. The van der Waals surface area contributed by atoms with Gasteiger partial charge in [-0.1, -0.05) is 26.7 Å². The second-order valence-corrected chi connectivity index (χ2v) is 6.99. The molecular weight excluding hydrogens is 268 g/mol. The van der Waals surface area contributed by atoms with Crippen molar-refractivity contribution in [3.63, 3.8) is 0 Å².